The van der Waals surface area contributed by atoms with Crippen molar-refractivity contribution in [1.82, 2.24) is 0 Å². The summed E-state index contributed by atoms with van der Waals surface area (Å²) in [6.45, 7) is 2.15. The van der Waals surface area contributed by atoms with Gasteiger partial charge in [-0.3, -0.25) is 0 Å². The molecule has 0 N–H and O–H groups in total. The number of nitriles is 1. The first-order chi connectivity index (χ1) is 4.38. The SMILES string of the molecule is CCCC(C#N)C1CC1. The molecule has 1 unspecified atom stereocenters. The lowest BCUT2D eigenvalue weighted by atomic mass is 10.0. The Labute approximate surface area is 56.7 Å². The second-order valence-corrected chi connectivity index (χ2v) is 2.86. The van der Waals surface area contributed by atoms with Crippen LogP contribution < -0.4 is 0 Å². The molecule has 0 bridgehead atoms. The zero-order chi connectivity index (χ0) is 6.69. The molecule has 9 heavy (non-hydrogen) atoms. The number of hydrogen-bond donors (Lipinski definition) is 0. The molecule has 0 aromatic carbocycles. The molecule has 1 nitrogen and oxygen atoms in total. The first kappa shape index (κ1) is 6.61. The third-order valence-corrected chi connectivity index (χ3v) is 1.96. The molecule has 1 aliphatic carbocycles. The molecule has 50 valence electrons. The van der Waals surface area contributed by atoms with Crippen LogP contribution in [0.3, 0.4) is 0 Å². The minimum absolute atomic E-state index is 0.384. The fraction of sp³-hybridized carbons (Fsp3) is 0.875. The Bertz CT molecular complexity index is 119. The van der Waals surface area contributed by atoms with Crippen molar-refractivity contribution in [2.75, 3.05) is 0 Å². The van der Waals surface area contributed by atoms with Gasteiger partial charge in [-0.1, -0.05) is 13.3 Å². The second-order valence-electron chi connectivity index (χ2n) is 2.86. The van der Waals surface area contributed by atoms with E-state index in [1.165, 1.54) is 12.8 Å². The highest BCUT2D eigenvalue weighted by Crippen LogP contribution is 2.38. The maximum Gasteiger partial charge on any atom is 0.0658 e. The first-order valence-corrected chi connectivity index (χ1v) is 3.78. The van der Waals surface area contributed by atoms with Crippen molar-refractivity contribution >= 4 is 0 Å². The van der Waals surface area contributed by atoms with Gasteiger partial charge in [0.05, 0.1) is 6.07 Å². The van der Waals surface area contributed by atoms with E-state index in [9.17, 15) is 0 Å². The van der Waals surface area contributed by atoms with Crippen molar-refractivity contribution in [3.8, 4) is 6.07 Å². The van der Waals surface area contributed by atoms with Gasteiger partial charge in [-0.15, -0.1) is 0 Å². The van der Waals surface area contributed by atoms with E-state index in [1.807, 2.05) is 0 Å². The van der Waals surface area contributed by atoms with E-state index >= 15 is 0 Å². The van der Waals surface area contributed by atoms with E-state index in [0.717, 1.165) is 18.8 Å². The van der Waals surface area contributed by atoms with Gasteiger partial charge in [-0.25, -0.2) is 0 Å². The summed E-state index contributed by atoms with van der Waals surface area (Å²) in [5.41, 5.74) is 0. The fourth-order valence-electron chi connectivity index (χ4n) is 1.22. The average molecular weight is 123 g/mol. The van der Waals surface area contributed by atoms with Gasteiger partial charge in [0.1, 0.15) is 0 Å². The third-order valence-electron chi connectivity index (χ3n) is 1.96. The van der Waals surface area contributed by atoms with Gasteiger partial charge in [-0.2, -0.15) is 5.26 Å². The summed E-state index contributed by atoms with van der Waals surface area (Å²) in [6.07, 6.45) is 4.88. The lowest BCUT2D eigenvalue weighted by molar-refractivity contribution is 0.528. The quantitative estimate of drug-likeness (QED) is 0.565. The third kappa shape index (κ3) is 1.71. The predicted octanol–water partition coefficient (Wildman–Crippen LogP) is 2.34. The zero-order valence-electron chi connectivity index (χ0n) is 5.93. The van der Waals surface area contributed by atoms with E-state index in [2.05, 4.69) is 13.0 Å². The molecule has 0 amide bonds. The van der Waals surface area contributed by atoms with Gasteiger partial charge in [0.25, 0.3) is 0 Å². The van der Waals surface area contributed by atoms with E-state index in [1.54, 1.807) is 0 Å². The van der Waals surface area contributed by atoms with Gasteiger partial charge in [-0.05, 0) is 25.2 Å². The summed E-state index contributed by atoms with van der Waals surface area (Å²) in [6, 6.07) is 2.36. The Kier molecular flexibility index (Phi) is 2.10. The maximum atomic E-state index is 8.62. The lowest BCUT2D eigenvalue weighted by Crippen LogP contribution is -1.97. The molecule has 1 heteroatoms. The van der Waals surface area contributed by atoms with Crippen molar-refractivity contribution < 1.29 is 0 Å². The lowest BCUT2D eigenvalue weighted by Gasteiger charge is -2.01. The van der Waals surface area contributed by atoms with Crippen LogP contribution in [-0.2, 0) is 0 Å². The van der Waals surface area contributed by atoms with Crippen LogP contribution in [0, 0.1) is 23.2 Å². The minimum atomic E-state index is 0.384. The van der Waals surface area contributed by atoms with Crippen molar-refractivity contribution in [3.63, 3.8) is 0 Å². The van der Waals surface area contributed by atoms with Crippen LogP contribution in [0.25, 0.3) is 0 Å². The molecule has 0 aromatic heterocycles. The van der Waals surface area contributed by atoms with E-state index in [-0.39, 0.29) is 0 Å². The molecule has 1 fully saturated rings. The monoisotopic (exact) mass is 123 g/mol. The van der Waals surface area contributed by atoms with Crippen molar-refractivity contribution in [1.29, 1.82) is 5.26 Å². The predicted molar refractivity (Wildman–Crippen MR) is 36.7 cm³/mol. The van der Waals surface area contributed by atoms with E-state index < -0.39 is 0 Å². The van der Waals surface area contributed by atoms with E-state index in [4.69, 9.17) is 5.26 Å². The maximum absolute atomic E-state index is 8.62. The second kappa shape index (κ2) is 2.87. The fourth-order valence-corrected chi connectivity index (χ4v) is 1.22. The smallest absolute Gasteiger partial charge is 0.0658 e. The van der Waals surface area contributed by atoms with Crippen LogP contribution in [0.4, 0.5) is 0 Å². The van der Waals surface area contributed by atoms with Crippen molar-refractivity contribution in [2.24, 2.45) is 11.8 Å². The molecule has 0 aliphatic heterocycles. The molecule has 1 atom stereocenters. The molecule has 0 aromatic rings. The van der Waals surface area contributed by atoms with Gasteiger partial charge >= 0.3 is 0 Å². The molecule has 0 radical (unpaired) electrons. The zero-order valence-corrected chi connectivity index (χ0v) is 5.93. The van der Waals surface area contributed by atoms with Crippen LogP contribution in [0.15, 0.2) is 0 Å². The minimum Gasteiger partial charge on any atom is -0.198 e. The summed E-state index contributed by atoms with van der Waals surface area (Å²) in [4.78, 5) is 0. The summed E-state index contributed by atoms with van der Waals surface area (Å²) in [5.74, 6) is 1.16. The first-order valence-electron chi connectivity index (χ1n) is 3.78. The number of nitrogens with zero attached hydrogens (tertiary/aromatic N) is 1. The molecule has 0 spiro atoms. The van der Waals surface area contributed by atoms with Gasteiger partial charge < -0.3 is 0 Å². The van der Waals surface area contributed by atoms with Crippen LogP contribution in [0.1, 0.15) is 32.6 Å². The molecular weight excluding hydrogens is 110 g/mol. The topological polar surface area (TPSA) is 23.8 Å². The Morgan fingerprint density at radius 1 is 1.67 bits per heavy atom. The summed E-state index contributed by atoms with van der Waals surface area (Å²) in [7, 11) is 0. The molecule has 1 aliphatic rings. The van der Waals surface area contributed by atoms with E-state index in [0.29, 0.717) is 5.92 Å². The molecule has 0 saturated heterocycles. The molecule has 0 heterocycles. The average Bonchev–Trinajstić information content (AvgIpc) is 2.64. The van der Waals surface area contributed by atoms with Crippen molar-refractivity contribution in [2.45, 2.75) is 32.6 Å². The van der Waals surface area contributed by atoms with Crippen LogP contribution >= 0.6 is 0 Å². The standard InChI is InChI=1S/C8H13N/c1-2-3-8(6-9)7-4-5-7/h7-8H,2-5H2,1H3. The molecule has 1 rings (SSSR count). The highest BCUT2D eigenvalue weighted by molar-refractivity contribution is 4.93. The normalized spacial score (nSPS) is 20.9. The summed E-state index contributed by atoms with van der Waals surface area (Å²) < 4.78 is 0. The summed E-state index contributed by atoms with van der Waals surface area (Å²) >= 11 is 0. The van der Waals surface area contributed by atoms with Gasteiger partial charge in [0, 0.05) is 5.92 Å². The number of rotatable bonds is 3. The largest absolute Gasteiger partial charge is 0.198 e. The Hall–Kier alpha value is -0.510. The van der Waals surface area contributed by atoms with Gasteiger partial charge in [0.15, 0.2) is 0 Å². The van der Waals surface area contributed by atoms with Crippen LogP contribution in [-0.4, -0.2) is 0 Å². The Morgan fingerprint density at radius 3 is 2.67 bits per heavy atom. The highest BCUT2D eigenvalue weighted by Gasteiger charge is 2.29. The van der Waals surface area contributed by atoms with Crippen LogP contribution in [0.5, 0.6) is 0 Å². The summed E-state index contributed by atoms with van der Waals surface area (Å²) in [5, 5.41) is 8.62. The highest BCUT2D eigenvalue weighted by atomic mass is 14.4. The molecule has 1 saturated carbocycles. The molecular formula is C8H13N. The van der Waals surface area contributed by atoms with Gasteiger partial charge in [0.2, 0.25) is 0 Å². The number of hydrogen-bond acceptors (Lipinski definition) is 1. The van der Waals surface area contributed by atoms with Crippen LogP contribution in [0.2, 0.25) is 0 Å². The Morgan fingerprint density at radius 2 is 2.33 bits per heavy atom. The van der Waals surface area contributed by atoms with Crippen molar-refractivity contribution in [3.05, 3.63) is 0 Å². The Balaban J connectivity index is 2.23.